The summed E-state index contributed by atoms with van der Waals surface area (Å²) >= 11 is 0. The van der Waals surface area contributed by atoms with Crippen LogP contribution < -0.4 is 4.72 Å². The minimum absolute atomic E-state index is 0.180. The monoisotopic (exact) mass is 345 g/mol. The summed E-state index contributed by atoms with van der Waals surface area (Å²) in [5.41, 5.74) is 1.39. The van der Waals surface area contributed by atoms with Crippen molar-refractivity contribution >= 4 is 16.0 Å². The maximum atomic E-state index is 12.6. The number of carboxylic acids is 1. The van der Waals surface area contributed by atoms with Gasteiger partial charge < -0.3 is 5.11 Å². The lowest BCUT2D eigenvalue weighted by Crippen LogP contribution is -2.32. The van der Waals surface area contributed by atoms with Crippen LogP contribution in [-0.2, 0) is 14.8 Å². The fraction of sp³-hybridized carbons (Fsp3) is 0.278. The first-order valence-corrected chi connectivity index (χ1v) is 9.33. The molecule has 0 radical (unpaired) electrons. The largest absolute Gasteiger partial charge is 0.481 e. The molecule has 0 heterocycles. The highest BCUT2D eigenvalue weighted by Gasteiger charge is 2.31. The molecule has 1 aliphatic rings. The number of carbonyl (C=O) groups is 1. The summed E-state index contributed by atoms with van der Waals surface area (Å²) in [5, 5.41) is 9.41. The standard InChI is InChI=1S/C18H19NO4S/c20-18(21)16(13-6-2-1-3-7-13)12-19-24(22,23)17-9-5-4-8-15(17)14-10-11-14/h1-9,14,16,19H,10-12H2,(H,20,21). The Bertz CT molecular complexity index is 829. The average molecular weight is 345 g/mol. The molecule has 1 saturated carbocycles. The van der Waals surface area contributed by atoms with Gasteiger partial charge in [-0.2, -0.15) is 0 Å². The Hall–Kier alpha value is -2.18. The summed E-state index contributed by atoms with van der Waals surface area (Å²) in [6, 6.07) is 15.6. The zero-order valence-corrected chi connectivity index (χ0v) is 13.9. The molecule has 1 unspecified atom stereocenters. The van der Waals surface area contributed by atoms with Crippen LogP contribution in [0.5, 0.6) is 0 Å². The molecule has 0 aromatic heterocycles. The van der Waals surface area contributed by atoms with E-state index >= 15 is 0 Å². The van der Waals surface area contributed by atoms with E-state index in [0.29, 0.717) is 11.5 Å². The summed E-state index contributed by atoms with van der Waals surface area (Å²) in [4.78, 5) is 11.8. The van der Waals surface area contributed by atoms with E-state index in [-0.39, 0.29) is 11.4 Å². The van der Waals surface area contributed by atoms with Gasteiger partial charge in [-0.25, -0.2) is 13.1 Å². The van der Waals surface area contributed by atoms with Crippen LogP contribution in [0.2, 0.25) is 0 Å². The van der Waals surface area contributed by atoms with Crippen molar-refractivity contribution < 1.29 is 18.3 Å². The highest BCUT2D eigenvalue weighted by molar-refractivity contribution is 7.89. The Labute approximate surface area is 141 Å². The van der Waals surface area contributed by atoms with Gasteiger partial charge in [0.25, 0.3) is 0 Å². The lowest BCUT2D eigenvalue weighted by atomic mass is 10.00. The first-order valence-electron chi connectivity index (χ1n) is 7.85. The van der Waals surface area contributed by atoms with Crippen molar-refractivity contribution in [3.05, 3.63) is 65.7 Å². The minimum Gasteiger partial charge on any atom is -0.481 e. The van der Waals surface area contributed by atoms with Gasteiger partial charge in [-0.15, -0.1) is 0 Å². The van der Waals surface area contributed by atoms with E-state index in [0.717, 1.165) is 18.4 Å². The van der Waals surface area contributed by atoms with Crippen molar-refractivity contribution in [2.75, 3.05) is 6.54 Å². The summed E-state index contributed by atoms with van der Waals surface area (Å²) in [5.74, 6) is -1.68. The molecule has 0 saturated heterocycles. The van der Waals surface area contributed by atoms with E-state index in [1.807, 2.05) is 12.1 Å². The molecule has 2 aromatic carbocycles. The molecule has 126 valence electrons. The van der Waals surface area contributed by atoms with Gasteiger partial charge in [-0.3, -0.25) is 4.79 Å². The van der Waals surface area contributed by atoms with Crippen LogP contribution in [0.1, 0.15) is 35.8 Å². The van der Waals surface area contributed by atoms with E-state index in [1.165, 1.54) is 0 Å². The van der Waals surface area contributed by atoms with Gasteiger partial charge >= 0.3 is 5.97 Å². The van der Waals surface area contributed by atoms with Crippen molar-refractivity contribution in [1.29, 1.82) is 0 Å². The number of carboxylic acid groups (broad SMARTS) is 1. The third kappa shape index (κ3) is 3.66. The van der Waals surface area contributed by atoms with Crippen molar-refractivity contribution in [1.82, 2.24) is 4.72 Å². The highest BCUT2D eigenvalue weighted by atomic mass is 32.2. The smallest absolute Gasteiger partial charge is 0.312 e. The van der Waals surface area contributed by atoms with E-state index in [4.69, 9.17) is 0 Å². The normalized spacial score (nSPS) is 15.8. The quantitative estimate of drug-likeness (QED) is 0.808. The van der Waals surface area contributed by atoms with Gasteiger partial charge in [-0.1, -0.05) is 48.5 Å². The lowest BCUT2D eigenvalue weighted by Gasteiger charge is -2.15. The maximum Gasteiger partial charge on any atom is 0.312 e. The first kappa shape index (κ1) is 16.7. The van der Waals surface area contributed by atoms with Gasteiger partial charge in [0.05, 0.1) is 10.8 Å². The number of hydrogen-bond donors (Lipinski definition) is 2. The van der Waals surface area contributed by atoms with Crippen LogP contribution in [0.25, 0.3) is 0 Å². The zero-order valence-electron chi connectivity index (χ0n) is 13.1. The van der Waals surface area contributed by atoms with Gasteiger partial charge in [0.15, 0.2) is 0 Å². The molecule has 0 spiro atoms. The van der Waals surface area contributed by atoms with Gasteiger partial charge in [0, 0.05) is 6.54 Å². The Morgan fingerprint density at radius 3 is 2.33 bits per heavy atom. The number of sulfonamides is 1. The van der Waals surface area contributed by atoms with Crippen LogP contribution >= 0.6 is 0 Å². The second kappa shape index (κ2) is 6.75. The molecule has 24 heavy (non-hydrogen) atoms. The molecule has 1 atom stereocenters. The SMILES string of the molecule is O=C(O)C(CNS(=O)(=O)c1ccccc1C1CC1)c1ccccc1. The number of benzene rings is 2. The molecule has 0 aliphatic heterocycles. The van der Waals surface area contributed by atoms with Crippen LogP contribution in [0.15, 0.2) is 59.5 Å². The molecule has 0 amide bonds. The molecule has 1 fully saturated rings. The molecule has 2 N–H and O–H groups in total. The molecule has 6 heteroatoms. The number of aliphatic carboxylic acids is 1. The third-order valence-corrected chi connectivity index (χ3v) is 5.70. The van der Waals surface area contributed by atoms with Crippen molar-refractivity contribution in [3.8, 4) is 0 Å². The van der Waals surface area contributed by atoms with Crippen LogP contribution in [0.3, 0.4) is 0 Å². The second-order valence-electron chi connectivity index (χ2n) is 5.97. The lowest BCUT2D eigenvalue weighted by molar-refractivity contribution is -0.138. The molecule has 0 bridgehead atoms. The topological polar surface area (TPSA) is 83.5 Å². The molecular weight excluding hydrogens is 326 g/mol. The molecule has 5 nitrogen and oxygen atoms in total. The number of nitrogens with one attached hydrogen (secondary N) is 1. The predicted molar refractivity (Wildman–Crippen MR) is 90.4 cm³/mol. The highest BCUT2D eigenvalue weighted by Crippen LogP contribution is 2.42. The third-order valence-electron chi connectivity index (χ3n) is 4.20. The Balaban J connectivity index is 1.81. The Kier molecular flexibility index (Phi) is 4.69. The molecular formula is C18H19NO4S. The second-order valence-corrected chi connectivity index (χ2v) is 7.70. The van der Waals surface area contributed by atoms with E-state index < -0.39 is 21.9 Å². The van der Waals surface area contributed by atoms with Crippen molar-refractivity contribution in [2.24, 2.45) is 0 Å². The van der Waals surface area contributed by atoms with Crippen molar-refractivity contribution in [2.45, 2.75) is 29.6 Å². The van der Waals surface area contributed by atoms with Crippen LogP contribution in [-0.4, -0.2) is 26.0 Å². The molecule has 1 aliphatic carbocycles. The predicted octanol–water partition coefficient (Wildman–Crippen LogP) is 2.71. The van der Waals surface area contributed by atoms with Crippen LogP contribution in [0.4, 0.5) is 0 Å². The average Bonchev–Trinajstić information content (AvgIpc) is 3.40. The van der Waals surface area contributed by atoms with E-state index in [9.17, 15) is 18.3 Å². The fourth-order valence-electron chi connectivity index (χ4n) is 2.76. The fourth-order valence-corrected chi connectivity index (χ4v) is 4.11. The summed E-state index contributed by atoms with van der Waals surface area (Å²) in [6.45, 7) is -0.180. The Morgan fingerprint density at radius 2 is 1.71 bits per heavy atom. The number of hydrogen-bond acceptors (Lipinski definition) is 3. The van der Waals surface area contributed by atoms with Crippen LogP contribution in [0, 0.1) is 0 Å². The Morgan fingerprint density at radius 1 is 1.08 bits per heavy atom. The first-order chi connectivity index (χ1) is 11.5. The van der Waals surface area contributed by atoms with E-state index in [1.54, 1.807) is 42.5 Å². The minimum atomic E-state index is -3.75. The summed E-state index contributed by atoms with van der Waals surface area (Å²) in [6.07, 6.45) is 1.99. The van der Waals surface area contributed by atoms with Gasteiger partial charge in [0.2, 0.25) is 10.0 Å². The summed E-state index contributed by atoms with van der Waals surface area (Å²) < 4.78 is 27.7. The molecule has 3 rings (SSSR count). The van der Waals surface area contributed by atoms with Gasteiger partial charge in [-0.05, 0) is 36.0 Å². The molecule has 2 aromatic rings. The van der Waals surface area contributed by atoms with Gasteiger partial charge in [0.1, 0.15) is 0 Å². The van der Waals surface area contributed by atoms with Crippen molar-refractivity contribution in [3.63, 3.8) is 0 Å². The zero-order chi connectivity index (χ0) is 17.2. The maximum absolute atomic E-state index is 12.6. The van der Waals surface area contributed by atoms with E-state index in [2.05, 4.69) is 4.72 Å². The number of rotatable bonds is 7. The summed E-state index contributed by atoms with van der Waals surface area (Å²) in [7, 11) is -3.75.